The van der Waals surface area contributed by atoms with E-state index >= 15 is 0 Å². The summed E-state index contributed by atoms with van der Waals surface area (Å²) in [5, 5.41) is 8.73. The van der Waals surface area contributed by atoms with Crippen molar-refractivity contribution in [3.05, 3.63) is 67.3 Å². The van der Waals surface area contributed by atoms with Crippen LogP contribution >= 0.6 is 11.8 Å². The number of nitrogen functional groups attached to an aromatic ring is 1. The molecule has 1 amide bonds. The highest BCUT2D eigenvalue weighted by Crippen LogP contribution is 2.29. The molecule has 3 aromatic rings. The van der Waals surface area contributed by atoms with Gasteiger partial charge in [-0.1, -0.05) is 48.2 Å². The van der Waals surface area contributed by atoms with Crippen LogP contribution in [-0.4, -0.2) is 40.2 Å². The molecule has 2 N–H and O–H groups in total. The predicted octanol–water partition coefficient (Wildman–Crippen LogP) is 2.98. The van der Waals surface area contributed by atoms with Crippen molar-refractivity contribution >= 4 is 23.4 Å². The molecule has 144 valence electrons. The Hall–Kier alpha value is -3.26. The van der Waals surface area contributed by atoms with E-state index in [4.69, 9.17) is 10.6 Å². The number of carbonyl (C=O) groups excluding carboxylic acids is 1. The first-order valence-corrected chi connectivity index (χ1v) is 9.57. The first-order valence-electron chi connectivity index (χ1n) is 8.58. The van der Waals surface area contributed by atoms with Gasteiger partial charge in [0.2, 0.25) is 11.1 Å². The topological polar surface area (TPSA) is 86.3 Å². The summed E-state index contributed by atoms with van der Waals surface area (Å²) in [6, 6.07) is 16.9. The first-order chi connectivity index (χ1) is 13.7. The van der Waals surface area contributed by atoms with Gasteiger partial charge in [0.15, 0.2) is 5.82 Å². The van der Waals surface area contributed by atoms with E-state index < -0.39 is 0 Å². The number of carbonyl (C=O) groups is 1. The average Bonchev–Trinajstić information content (AvgIpc) is 3.11. The van der Waals surface area contributed by atoms with Crippen LogP contribution in [0.5, 0.6) is 5.75 Å². The first kappa shape index (κ1) is 19.5. The fourth-order valence-corrected chi connectivity index (χ4v) is 3.41. The van der Waals surface area contributed by atoms with Crippen LogP contribution in [-0.2, 0) is 4.79 Å². The van der Waals surface area contributed by atoms with Crippen molar-refractivity contribution in [2.75, 3.05) is 30.1 Å². The molecule has 0 radical (unpaired) electrons. The number of rotatable bonds is 8. The zero-order chi connectivity index (χ0) is 19.9. The molecule has 1 aromatic heterocycles. The monoisotopic (exact) mass is 395 g/mol. The number of hydrogen-bond acceptors (Lipinski definition) is 6. The molecular formula is C20H21N5O2S. The summed E-state index contributed by atoms with van der Waals surface area (Å²) in [5.74, 6) is 7.38. The molecule has 0 aliphatic heterocycles. The molecule has 0 unspecified atom stereocenters. The minimum absolute atomic E-state index is 0.0714. The molecule has 0 fully saturated rings. The van der Waals surface area contributed by atoms with E-state index in [-0.39, 0.29) is 11.7 Å². The maximum absolute atomic E-state index is 12.7. The molecule has 0 atom stereocenters. The van der Waals surface area contributed by atoms with Crippen molar-refractivity contribution in [3.8, 4) is 17.1 Å². The van der Waals surface area contributed by atoms with Crippen molar-refractivity contribution in [1.29, 1.82) is 0 Å². The van der Waals surface area contributed by atoms with Crippen LogP contribution in [0.4, 0.5) is 5.69 Å². The van der Waals surface area contributed by atoms with Crippen molar-refractivity contribution in [2.24, 2.45) is 0 Å². The van der Waals surface area contributed by atoms with Gasteiger partial charge in [0.25, 0.3) is 0 Å². The number of anilines is 1. The fraction of sp³-hybridized carbons (Fsp3) is 0.150. The molecule has 28 heavy (non-hydrogen) atoms. The molecule has 0 saturated carbocycles. The lowest BCUT2D eigenvalue weighted by molar-refractivity contribution is -0.116. The third-order valence-corrected chi connectivity index (χ3v) is 4.95. The SMILES string of the molecule is C=CCN(C(=O)CSc1nnc(-c2ccccc2OC)n1N)c1ccccc1. The van der Waals surface area contributed by atoms with Crippen LogP contribution in [0.15, 0.2) is 72.4 Å². The number of thioether (sulfide) groups is 1. The third-order valence-electron chi connectivity index (χ3n) is 4.02. The Balaban J connectivity index is 1.75. The summed E-state index contributed by atoms with van der Waals surface area (Å²) < 4.78 is 6.73. The van der Waals surface area contributed by atoms with Gasteiger partial charge in [0.05, 0.1) is 18.4 Å². The quantitative estimate of drug-likeness (QED) is 0.358. The van der Waals surface area contributed by atoms with Gasteiger partial charge in [-0.05, 0) is 24.3 Å². The molecule has 2 aromatic carbocycles. The zero-order valence-corrected chi connectivity index (χ0v) is 16.3. The normalized spacial score (nSPS) is 10.5. The second-order valence-corrected chi connectivity index (χ2v) is 6.74. The van der Waals surface area contributed by atoms with Crippen molar-refractivity contribution in [3.63, 3.8) is 0 Å². The number of ether oxygens (including phenoxy) is 1. The summed E-state index contributed by atoms with van der Waals surface area (Å²) >= 11 is 1.23. The number of amides is 1. The van der Waals surface area contributed by atoms with Crippen molar-refractivity contribution in [2.45, 2.75) is 5.16 Å². The highest BCUT2D eigenvalue weighted by Gasteiger charge is 2.19. The largest absolute Gasteiger partial charge is 0.496 e. The third kappa shape index (κ3) is 4.17. The van der Waals surface area contributed by atoms with Gasteiger partial charge in [0, 0.05) is 12.2 Å². The van der Waals surface area contributed by atoms with Gasteiger partial charge in [0.1, 0.15) is 5.75 Å². The van der Waals surface area contributed by atoms with E-state index in [0.717, 1.165) is 11.3 Å². The Bertz CT molecular complexity index is 958. The zero-order valence-electron chi connectivity index (χ0n) is 15.5. The van der Waals surface area contributed by atoms with E-state index in [1.165, 1.54) is 16.4 Å². The molecule has 0 saturated heterocycles. The lowest BCUT2D eigenvalue weighted by Gasteiger charge is -2.20. The highest BCUT2D eigenvalue weighted by atomic mass is 32.2. The average molecular weight is 395 g/mol. The van der Waals surface area contributed by atoms with Crippen LogP contribution in [0.25, 0.3) is 11.4 Å². The van der Waals surface area contributed by atoms with Gasteiger partial charge < -0.3 is 15.5 Å². The molecule has 0 aliphatic rings. The Kier molecular flexibility index (Phi) is 6.33. The summed E-state index contributed by atoms with van der Waals surface area (Å²) in [6.07, 6.45) is 1.70. The second-order valence-electron chi connectivity index (χ2n) is 5.79. The Morgan fingerprint density at radius 1 is 1.21 bits per heavy atom. The Morgan fingerprint density at radius 3 is 2.64 bits per heavy atom. The number of hydrogen-bond donors (Lipinski definition) is 1. The lowest BCUT2D eigenvalue weighted by atomic mass is 10.2. The van der Waals surface area contributed by atoms with Crippen LogP contribution in [0.3, 0.4) is 0 Å². The van der Waals surface area contributed by atoms with Crippen LogP contribution < -0.4 is 15.5 Å². The molecule has 0 aliphatic carbocycles. The van der Waals surface area contributed by atoms with Gasteiger partial charge in [-0.2, -0.15) is 0 Å². The number of aromatic nitrogens is 3. The molecule has 8 heteroatoms. The Morgan fingerprint density at radius 2 is 1.93 bits per heavy atom. The van der Waals surface area contributed by atoms with E-state index in [9.17, 15) is 4.79 Å². The smallest absolute Gasteiger partial charge is 0.237 e. The van der Waals surface area contributed by atoms with Gasteiger partial charge >= 0.3 is 0 Å². The highest BCUT2D eigenvalue weighted by molar-refractivity contribution is 7.99. The van der Waals surface area contributed by atoms with Gasteiger partial charge in [-0.15, -0.1) is 16.8 Å². The summed E-state index contributed by atoms with van der Waals surface area (Å²) in [6.45, 7) is 4.16. The minimum Gasteiger partial charge on any atom is -0.496 e. The summed E-state index contributed by atoms with van der Waals surface area (Å²) in [4.78, 5) is 14.4. The van der Waals surface area contributed by atoms with Crippen LogP contribution in [0, 0.1) is 0 Å². The summed E-state index contributed by atoms with van der Waals surface area (Å²) in [5.41, 5.74) is 1.55. The number of methoxy groups -OCH3 is 1. The molecule has 1 heterocycles. The molecule has 7 nitrogen and oxygen atoms in total. The lowest BCUT2D eigenvalue weighted by Crippen LogP contribution is -2.32. The predicted molar refractivity (Wildman–Crippen MR) is 112 cm³/mol. The maximum atomic E-state index is 12.7. The standard InChI is InChI=1S/C20H21N5O2S/c1-3-13-24(15-9-5-4-6-10-15)18(26)14-28-20-23-22-19(25(20)21)16-11-7-8-12-17(16)27-2/h3-12H,1,13-14,21H2,2H3. The van der Waals surface area contributed by atoms with E-state index in [1.54, 1.807) is 18.1 Å². The number of nitrogens with zero attached hydrogens (tertiary/aromatic N) is 4. The van der Waals surface area contributed by atoms with Crippen molar-refractivity contribution in [1.82, 2.24) is 14.9 Å². The number of benzene rings is 2. The number of nitrogens with two attached hydrogens (primary N) is 1. The molecule has 3 rings (SSSR count). The minimum atomic E-state index is -0.0714. The Labute approximate surface area is 167 Å². The second kappa shape index (κ2) is 9.09. The maximum Gasteiger partial charge on any atom is 0.237 e. The van der Waals surface area contributed by atoms with Gasteiger partial charge in [-0.25, -0.2) is 4.68 Å². The summed E-state index contributed by atoms with van der Waals surface area (Å²) in [7, 11) is 1.59. The van der Waals surface area contributed by atoms with E-state index in [2.05, 4.69) is 16.8 Å². The van der Waals surface area contributed by atoms with E-state index in [1.807, 2.05) is 54.6 Å². The fourth-order valence-electron chi connectivity index (χ4n) is 2.68. The molecule has 0 spiro atoms. The van der Waals surface area contributed by atoms with E-state index in [0.29, 0.717) is 23.3 Å². The van der Waals surface area contributed by atoms with Gasteiger partial charge in [-0.3, -0.25) is 4.79 Å². The molecular weight excluding hydrogens is 374 g/mol. The van der Waals surface area contributed by atoms with Crippen LogP contribution in [0.1, 0.15) is 0 Å². The van der Waals surface area contributed by atoms with Crippen molar-refractivity contribution < 1.29 is 9.53 Å². The van der Waals surface area contributed by atoms with Crippen LogP contribution in [0.2, 0.25) is 0 Å². The molecule has 0 bridgehead atoms. The number of para-hydroxylation sites is 2.